The van der Waals surface area contributed by atoms with E-state index in [4.69, 9.17) is 11.6 Å². The molecule has 0 fully saturated rings. The molecular weight excluding hydrogens is 282 g/mol. The summed E-state index contributed by atoms with van der Waals surface area (Å²) in [5.41, 5.74) is 2.50. The molecule has 5 nitrogen and oxygen atoms in total. The average molecular weight is 293 g/mol. The van der Waals surface area contributed by atoms with Crippen molar-refractivity contribution in [2.45, 2.75) is 13.5 Å². The van der Waals surface area contributed by atoms with Gasteiger partial charge in [0.25, 0.3) is 0 Å². The number of rotatable bonds is 6. The number of para-hydroxylation sites is 2. The van der Waals surface area contributed by atoms with Crippen LogP contribution < -0.4 is 10.2 Å². The van der Waals surface area contributed by atoms with Gasteiger partial charge in [-0.2, -0.15) is 13.9 Å². The van der Waals surface area contributed by atoms with Gasteiger partial charge in [-0.05, 0) is 19.1 Å². The molecule has 0 unspecified atom stereocenters. The Kier molecular flexibility index (Phi) is 6.01. The minimum Gasteiger partial charge on any atom is -0.461 e. The zero-order valence-electron chi connectivity index (χ0n) is 9.90. The first-order valence-corrected chi connectivity index (χ1v) is 5.62. The molecule has 0 aliphatic rings. The van der Waals surface area contributed by atoms with E-state index in [1.54, 1.807) is 13.0 Å². The highest BCUT2D eigenvalue weighted by molar-refractivity contribution is 6.82. The number of anilines is 1. The van der Waals surface area contributed by atoms with E-state index >= 15 is 0 Å². The Bertz CT molecular complexity index is 469. The Morgan fingerprint density at radius 3 is 2.79 bits per heavy atom. The molecule has 0 amide bonds. The molecule has 0 aliphatic carbocycles. The van der Waals surface area contributed by atoms with Crippen LogP contribution in [0.5, 0.6) is 5.75 Å². The van der Waals surface area contributed by atoms with Gasteiger partial charge in [-0.3, -0.25) is 5.43 Å². The number of hydrogen-bond donors (Lipinski definition) is 1. The highest BCUT2D eigenvalue weighted by atomic mass is 35.5. The highest BCUT2D eigenvalue weighted by Crippen LogP contribution is 2.25. The summed E-state index contributed by atoms with van der Waals surface area (Å²) < 4.78 is 33.1. The van der Waals surface area contributed by atoms with Crippen molar-refractivity contribution in [2.24, 2.45) is 5.10 Å². The zero-order valence-corrected chi connectivity index (χ0v) is 10.7. The van der Waals surface area contributed by atoms with E-state index in [0.29, 0.717) is 0 Å². The number of nitrogens with zero attached hydrogens (tertiary/aromatic N) is 1. The molecule has 0 aliphatic heterocycles. The van der Waals surface area contributed by atoms with Gasteiger partial charge < -0.3 is 9.47 Å². The number of halogens is 3. The topological polar surface area (TPSA) is 59.9 Å². The zero-order chi connectivity index (χ0) is 14.3. The molecule has 1 aromatic carbocycles. The fraction of sp³-hybridized carbons (Fsp3) is 0.273. The molecule has 0 saturated carbocycles. The Hall–Kier alpha value is -1.89. The predicted octanol–water partition coefficient (Wildman–Crippen LogP) is 2.82. The van der Waals surface area contributed by atoms with Crippen molar-refractivity contribution in [2.75, 3.05) is 12.0 Å². The van der Waals surface area contributed by atoms with Gasteiger partial charge in [-0.25, -0.2) is 4.79 Å². The summed E-state index contributed by atoms with van der Waals surface area (Å²) in [4.78, 5) is 11.2. The Balaban J connectivity index is 2.76. The Morgan fingerprint density at radius 2 is 2.16 bits per heavy atom. The van der Waals surface area contributed by atoms with Gasteiger partial charge >= 0.3 is 12.6 Å². The van der Waals surface area contributed by atoms with Crippen molar-refractivity contribution < 1.29 is 23.0 Å². The van der Waals surface area contributed by atoms with E-state index in [2.05, 4.69) is 20.0 Å². The van der Waals surface area contributed by atoms with E-state index in [1.165, 1.54) is 18.2 Å². The minimum absolute atomic E-state index is 0.116. The Labute approximate surface area is 113 Å². The van der Waals surface area contributed by atoms with E-state index in [1.807, 2.05) is 0 Å². The van der Waals surface area contributed by atoms with Gasteiger partial charge in [0.2, 0.25) is 5.17 Å². The molecule has 8 heteroatoms. The van der Waals surface area contributed by atoms with Gasteiger partial charge in [0, 0.05) is 0 Å². The third kappa shape index (κ3) is 5.09. The van der Waals surface area contributed by atoms with Gasteiger partial charge in [-0.15, -0.1) is 0 Å². The van der Waals surface area contributed by atoms with E-state index in [9.17, 15) is 13.6 Å². The molecule has 0 heterocycles. The summed E-state index contributed by atoms with van der Waals surface area (Å²) >= 11 is 5.54. The van der Waals surface area contributed by atoms with Crippen LogP contribution in [0.4, 0.5) is 14.5 Å². The minimum atomic E-state index is -2.97. The number of hydrogen-bond acceptors (Lipinski definition) is 5. The lowest BCUT2D eigenvalue weighted by molar-refractivity contribution is -0.134. The normalized spacial score (nSPS) is 11.3. The molecule has 0 bridgehead atoms. The maximum atomic E-state index is 12.1. The monoisotopic (exact) mass is 292 g/mol. The summed E-state index contributed by atoms with van der Waals surface area (Å²) in [5.74, 6) is -0.932. The third-order valence-electron chi connectivity index (χ3n) is 1.82. The molecule has 0 saturated heterocycles. The van der Waals surface area contributed by atoms with Crippen molar-refractivity contribution in [3.05, 3.63) is 24.3 Å². The molecule has 104 valence electrons. The number of benzene rings is 1. The average Bonchev–Trinajstić information content (AvgIpc) is 2.37. The molecule has 1 rings (SSSR count). The lowest BCUT2D eigenvalue weighted by atomic mass is 10.3. The first kappa shape index (κ1) is 15.2. The Morgan fingerprint density at radius 1 is 1.47 bits per heavy atom. The van der Waals surface area contributed by atoms with Crippen LogP contribution in [0.15, 0.2) is 29.4 Å². The molecule has 1 aromatic rings. The second kappa shape index (κ2) is 7.52. The largest absolute Gasteiger partial charge is 0.461 e. The van der Waals surface area contributed by atoms with Crippen molar-refractivity contribution in [1.29, 1.82) is 0 Å². The maximum absolute atomic E-state index is 12.1. The van der Waals surface area contributed by atoms with Crippen molar-refractivity contribution >= 4 is 28.4 Å². The fourth-order valence-corrected chi connectivity index (χ4v) is 1.20. The standard InChI is InChI=1S/C11H11ClF2N2O3/c1-2-18-10(17)9(12)16-15-7-5-3-4-6-8(7)19-11(13)14/h3-6,11,15H,2H2,1H3/b16-9-. The van der Waals surface area contributed by atoms with Crippen molar-refractivity contribution in [1.82, 2.24) is 0 Å². The second-order valence-corrected chi connectivity index (χ2v) is 3.47. The maximum Gasteiger partial charge on any atom is 0.387 e. The van der Waals surface area contributed by atoms with E-state index < -0.39 is 17.8 Å². The summed E-state index contributed by atoms with van der Waals surface area (Å²) in [7, 11) is 0. The summed E-state index contributed by atoms with van der Waals surface area (Å²) in [6.45, 7) is -1.20. The second-order valence-electron chi connectivity index (χ2n) is 3.11. The highest BCUT2D eigenvalue weighted by Gasteiger charge is 2.11. The van der Waals surface area contributed by atoms with Gasteiger partial charge in [0.15, 0.2) is 5.75 Å². The van der Waals surface area contributed by atoms with E-state index in [0.717, 1.165) is 0 Å². The lowest BCUT2D eigenvalue weighted by Gasteiger charge is -2.09. The summed E-state index contributed by atoms with van der Waals surface area (Å²) in [6.07, 6.45) is 0. The molecule has 0 atom stereocenters. The molecule has 0 aromatic heterocycles. The van der Waals surface area contributed by atoms with Crippen LogP contribution in [0.1, 0.15) is 6.92 Å². The number of esters is 1. The van der Waals surface area contributed by atoms with Crippen LogP contribution in [0, 0.1) is 0 Å². The summed E-state index contributed by atoms with van der Waals surface area (Å²) in [5, 5.41) is 3.06. The quantitative estimate of drug-likeness (QED) is 0.497. The number of carbonyl (C=O) groups excluding carboxylic acids is 1. The van der Waals surface area contributed by atoms with Crippen LogP contribution >= 0.6 is 11.6 Å². The smallest absolute Gasteiger partial charge is 0.387 e. The number of hydrazone groups is 1. The number of ether oxygens (including phenoxy) is 2. The van der Waals surface area contributed by atoms with Crippen molar-refractivity contribution in [3.63, 3.8) is 0 Å². The van der Waals surface area contributed by atoms with Crippen molar-refractivity contribution in [3.8, 4) is 5.75 Å². The van der Waals surface area contributed by atoms with Crippen LogP contribution in [-0.2, 0) is 9.53 Å². The van der Waals surface area contributed by atoms with Crippen LogP contribution in [0.25, 0.3) is 0 Å². The molecule has 19 heavy (non-hydrogen) atoms. The van der Waals surface area contributed by atoms with Crippen LogP contribution in [0.2, 0.25) is 0 Å². The summed E-state index contributed by atoms with van der Waals surface area (Å²) in [6, 6.07) is 5.85. The fourth-order valence-electron chi connectivity index (χ4n) is 1.10. The predicted molar refractivity (Wildman–Crippen MR) is 66.6 cm³/mol. The van der Waals surface area contributed by atoms with Gasteiger partial charge in [0.1, 0.15) is 0 Å². The van der Waals surface area contributed by atoms with E-state index in [-0.39, 0.29) is 18.0 Å². The first-order valence-electron chi connectivity index (χ1n) is 5.24. The van der Waals surface area contributed by atoms with Crippen LogP contribution in [0.3, 0.4) is 0 Å². The van der Waals surface area contributed by atoms with Gasteiger partial charge in [-0.1, -0.05) is 23.7 Å². The third-order valence-corrected chi connectivity index (χ3v) is 2.06. The molecule has 0 radical (unpaired) electrons. The van der Waals surface area contributed by atoms with Crippen LogP contribution in [-0.4, -0.2) is 24.4 Å². The number of carbonyl (C=O) groups is 1. The SMILES string of the molecule is CCOC(=O)/C(Cl)=N/Nc1ccccc1OC(F)F. The first-order chi connectivity index (χ1) is 9.04. The molecular formula is C11H11ClF2N2O3. The van der Waals surface area contributed by atoms with Gasteiger partial charge in [0.05, 0.1) is 12.3 Å². The lowest BCUT2D eigenvalue weighted by Crippen LogP contribution is -2.13. The molecule has 0 spiro atoms. The number of nitrogens with one attached hydrogen (secondary N) is 1. The molecule has 1 N–H and O–H groups in total. The number of alkyl halides is 2.